The Kier molecular flexibility index (Phi) is 5.39. The Morgan fingerprint density at radius 1 is 1.24 bits per heavy atom. The monoisotopic (exact) mass is 508 g/mol. The highest BCUT2D eigenvalue weighted by Gasteiger charge is 2.57. The van der Waals surface area contributed by atoms with E-state index in [0.717, 1.165) is 6.26 Å². The largest absolute Gasteiger partial charge is 0.420 e. The average molecular weight is 508 g/mol. The predicted octanol–water partition coefficient (Wildman–Crippen LogP) is 5.58. The molecule has 0 unspecified atom stereocenters. The van der Waals surface area contributed by atoms with Gasteiger partial charge in [-0.15, -0.1) is 0 Å². The number of nitrogens with zero attached hydrogens (tertiary/aromatic N) is 2. The van der Waals surface area contributed by atoms with Crippen molar-refractivity contribution in [3.8, 4) is 0 Å². The number of amides is 1. The molecule has 0 aliphatic heterocycles. The summed E-state index contributed by atoms with van der Waals surface area (Å²) in [5.41, 5.74) is -6.93. The van der Waals surface area contributed by atoms with E-state index in [1.807, 2.05) is 0 Å². The molecule has 1 heterocycles. The van der Waals surface area contributed by atoms with E-state index in [9.17, 15) is 35.3 Å². The second kappa shape index (κ2) is 7.46. The normalized spacial score (nSPS) is 21.9. The Balaban J connectivity index is 1.78. The Hall–Kier alpha value is -2.57. The maximum absolute atomic E-state index is 14.9. The van der Waals surface area contributed by atoms with Gasteiger partial charge in [-0.25, -0.2) is 22.2 Å². The quantitative estimate of drug-likeness (QED) is 0.499. The number of halogens is 6. The van der Waals surface area contributed by atoms with Gasteiger partial charge in [0.2, 0.25) is 5.92 Å². The average Bonchev–Trinajstić information content (AvgIpc) is 3.26. The summed E-state index contributed by atoms with van der Waals surface area (Å²) in [6.45, 7) is 1.01. The minimum Gasteiger partial charge on any atom is -0.321 e. The second-order valence-corrected chi connectivity index (χ2v) is 11.7. The molecule has 0 saturated heterocycles. The number of rotatable bonds is 6. The molecule has 4 rings (SSSR count). The van der Waals surface area contributed by atoms with E-state index in [-0.39, 0.29) is 23.4 Å². The maximum atomic E-state index is 14.9. The van der Waals surface area contributed by atoms with E-state index >= 15 is 0 Å². The highest BCUT2D eigenvalue weighted by Crippen LogP contribution is 2.55. The smallest absolute Gasteiger partial charge is 0.321 e. The molecular weight excluding hydrogens is 486 g/mol. The van der Waals surface area contributed by atoms with Gasteiger partial charge in [0.15, 0.2) is 5.67 Å². The third kappa shape index (κ3) is 4.66. The number of hydrogen-bond acceptors (Lipinski definition) is 4. The highest BCUT2D eigenvalue weighted by molar-refractivity contribution is 7.91. The summed E-state index contributed by atoms with van der Waals surface area (Å²) in [6.07, 6.45) is -5.58. The molecule has 1 aromatic heterocycles. The van der Waals surface area contributed by atoms with Crippen molar-refractivity contribution in [2.75, 3.05) is 11.6 Å². The number of benzene rings is 1. The first kappa shape index (κ1) is 24.6. The Labute approximate surface area is 191 Å². The first-order chi connectivity index (χ1) is 15.4. The standard InChI is InChI=1S/C21H22F6N4O2S/c1-18(9-20(23,24)10-18)11-31-15(14(21(25,26)27)16(30-31)19(22)6-7-19)17(32)29-12-4-3-5-13(8-12)34(2,28)33/h3-5,8,28H,6-7,9-11H2,1-2H3,(H,29,32)/t34-/m0/s1. The van der Waals surface area contributed by atoms with Gasteiger partial charge in [0, 0.05) is 36.2 Å². The molecule has 2 N–H and O–H groups in total. The molecule has 0 spiro atoms. The van der Waals surface area contributed by atoms with Crippen molar-refractivity contribution in [1.29, 1.82) is 4.78 Å². The lowest BCUT2D eigenvalue weighted by Gasteiger charge is -2.44. The van der Waals surface area contributed by atoms with Crippen LogP contribution in [0.25, 0.3) is 0 Å². The summed E-state index contributed by atoms with van der Waals surface area (Å²) >= 11 is 0. The second-order valence-electron chi connectivity index (χ2n) is 9.54. The van der Waals surface area contributed by atoms with Crippen molar-refractivity contribution in [2.45, 2.75) is 61.8 Å². The fourth-order valence-corrected chi connectivity index (χ4v) is 5.10. The van der Waals surface area contributed by atoms with Crippen LogP contribution in [0.4, 0.5) is 32.0 Å². The summed E-state index contributed by atoms with van der Waals surface area (Å²) in [7, 11) is -3.17. The van der Waals surface area contributed by atoms with Crippen LogP contribution < -0.4 is 5.32 Å². The van der Waals surface area contributed by atoms with Crippen LogP contribution in [0.5, 0.6) is 0 Å². The Morgan fingerprint density at radius 2 is 1.85 bits per heavy atom. The molecule has 1 amide bonds. The van der Waals surface area contributed by atoms with E-state index < -0.39 is 75.2 Å². The zero-order valence-corrected chi connectivity index (χ0v) is 19.0. The van der Waals surface area contributed by atoms with Crippen molar-refractivity contribution in [1.82, 2.24) is 9.78 Å². The fourth-order valence-electron chi connectivity index (χ4n) is 4.41. The van der Waals surface area contributed by atoms with Crippen LogP contribution in [0.1, 0.15) is 54.4 Å². The number of aromatic nitrogens is 2. The van der Waals surface area contributed by atoms with Crippen molar-refractivity contribution in [3.05, 3.63) is 41.2 Å². The minimum absolute atomic E-state index is 0.0328. The third-order valence-electron chi connectivity index (χ3n) is 6.01. The molecule has 1 aromatic carbocycles. The van der Waals surface area contributed by atoms with Crippen LogP contribution in [-0.4, -0.2) is 32.1 Å². The SMILES string of the molecule is CC1(Cn2nc(C3(F)CC3)c(C(F)(F)F)c2C(=O)Nc2cccc([S@@](C)(=N)=O)c2)CC(F)(F)C1. The van der Waals surface area contributed by atoms with E-state index in [1.54, 1.807) is 0 Å². The van der Waals surface area contributed by atoms with Crippen LogP contribution >= 0.6 is 0 Å². The van der Waals surface area contributed by atoms with Crippen LogP contribution in [0.15, 0.2) is 29.2 Å². The van der Waals surface area contributed by atoms with Gasteiger partial charge in [0.1, 0.15) is 17.0 Å². The Morgan fingerprint density at radius 3 is 2.35 bits per heavy atom. The van der Waals surface area contributed by atoms with Gasteiger partial charge < -0.3 is 5.32 Å². The summed E-state index contributed by atoms with van der Waals surface area (Å²) in [5, 5.41) is 6.05. The predicted molar refractivity (Wildman–Crippen MR) is 111 cm³/mol. The molecule has 2 aliphatic carbocycles. The van der Waals surface area contributed by atoms with Gasteiger partial charge in [0.25, 0.3) is 5.91 Å². The van der Waals surface area contributed by atoms with Crippen LogP contribution in [0, 0.1) is 10.2 Å². The van der Waals surface area contributed by atoms with Crippen molar-refractivity contribution in [2.24, 2.45) is 5.41 Å². The number of hydrogen-bond donors (Lipinski definition) is 2. The van der Waals surface area contributed by atoms with Crippen LogP contribution in [0.2, 0.25) is 0 Å². The van der Waals surface area contributed by atoms with Crippen LogP contribution in [0.3, 0.4) is 0 Å². The lowest BCUT2D eigenvalue weighted by Crippen LogP contribution is -2.47. The van der Waals surface area contributed by atoms with E-state index in [1.165, 1.54) is 31.2 Å². The number of anilines is 1. The van der Waals surface area contributed by atoms with Gasteiger partial charge in [-0.3, -0.25) is 9.48 Å². The van der Waals surface area contributed by atoms with Crippen molar-refractivity contribution in [3.63, 3.8) is 0 Å². The van der Waals surface area contributed by atoms with Crippen molar-refractivity contribution < 1.29 is 35.3 Å². The molecule has 2 aromatic rings. The highest BCUT2D eigenvalue weighted by atomic mass is 32.2. The zero-order chi connectivity index (χ0) is 25.3. The molecule has 13 heteroatoms. The summed E-state index contributed by atoms with van der Waals surface area (Å²) in [5.74, 6) is -4.24. The van der Waals surface area contributed by atoms with Gasteiger partial charge in [0.05, 0.1) is 9.73 Å². The molecule has 0 bridgehead atoms. The van der Waals surface area contributed by atoms with E-state index in [0.29, 0.717) is 4.68 Å². The number of nitrogens with one attached hydrogen (secondary N) is 2. The molecule has 34 heavy (non-hydrogen) atoms. The third-order valence-corrected chi connectivity index (χ3v) is 7.16. The van der Waals surface area contributed by atoms with Gasteiger partial charge in [-0.05, 0) is 36.5 Å². The summed E-state index contributed by atoms with van der Waals surface area (Å²) in [4.78, 5) is 13.1. The first-order valence-electron chi connectivity index (χ1n) is 10.3. The van der Waals surface area contributed by atoms with Crippen molar-refractivity contribution >= 4 is 21.3 Å². The number of alkyl halides is 6. The fraction of sp³-hybridized carbons (Fsp3) is 0.524. The molecule has 2 fully saturated rings. The molecule has 6 nitrogen and oxygen atoms in total. The van der Waals surface area contributed by atoms with Crippen LogP contribution in [-0.2, 0) is 28.1 Å². The first-order valence-corrected chi connectivity index (χ1v) is 12.3. The summed E-state index contributed by atoms with van der Waals surface area (Å²) < 4.78 is 104. The minimum atomic E-state index is -5.13. The van der Waals surface area contributed by atoms with Gasteiger partial charge in [-0.1, -0.05) is 13.0 Å². The molecule has 0 radical (unpaired) electrons. The molecule has 1 atom stereocenters. The molecular formula is C21H22F6N4O2S. The maximum Gasteiger partial charge on any atom is 0.420 e. The number of carbonyl (C=O) groups is 1. The van der Waals surface area contributed by atoms with E-state index in [4.69, 9.17) is 4.78 Å². The van der Waals surface area contributed by atoms with Gasteiger partial charge >= 0.3 is 6.18 Å². The molecule has 2 aliphatic rings. The lowest BCUT2D eigenvalue weighted by molar-refractivity contribution is -0.160. The molecule has 186 valence electrons. The summed E-state index contributed by atoms with van der Waals surface area (Å²) in [6, 6.07) is 5.25. The number of carbonyl (C=O) groups excluding carboxylic acids is 1. The Bertz CT molecular complexity index is 1260. The molecule has 2 saturated carbocycles. The van der Waals surface area contributed by atoms with E-state index in [2.05, 4.69) is 10.4 Å². The lowest BCUT2D eigenvalue weighted by atomic mass is 9.67. The van der Waals surface area contributed by atoms with Gasteiger partial charge in [-0.2, -0.15) is 18.3 Å². The zero-order valence-electron chi connectivity index (χ0n) is 18.2. The topological polar surface area (TPSA) is 87.8 Å².